The van der Waals surface area contributed by atoms with Crippen molar-refractivity contribution in [1.82, 2.24) is 83.3 Å². The number of nitrogens with zero attached hydrogens (tertiary/aromatic N) is 21. The number of carbonyl (C=O) groups is 3. The number of nitrogens with one attached hydrogen (secondary N) is 1. The van der Waals surface area contributed by atoms with E-state index in [-0.39, 0.29) is 23.4 Å². The summed E-state index contributed by atoms with van der Waals surface area (Å²) in [7, 11) is 5.72. The molecule has 4 aliphatic heterocycles. The van der Waals surface area contributed by atoms with E-state index in [1.54, 1.807) is 61.2 Å². The van der Waals surface area contributed by atoms with Crippen LogP contribution in [0.5, 0.6) is 5.75 Å². The number of furan rings is 4. The van der Waals surface area contributed by atoms with Gasteiger partial charge in [-0.05, 0) is 119 Å². The van der Waals surface area contributed by atoms with Crippen molar-refractivity contribution in [3.05, 3.63) is 274 Å². The topological polar surface area (TPSA) is 287 Å². The van der Waals surface area contributed by atoms with Crippen LogP contribution in [0.15, 0.2) is 237 Å². The summed E-state index contributed by atoms with van der Waals surface area (Å²) < 4.78 is 46.3. The van der Waals surface area contributed by atoms with Crippen LogP contribution in [0, 0.1) is 33.5 Å². The smallest absolute Gasteiger partial charge is 0.289 e. The van der Waals surface area contributed by atoms with E-state index in [4.69, 9.17) is 64.3 Å². The van der Waals surface area contributed by atoms with E-state index in [1.807, 2.05) is 149 Å². The Labute approximate surface area is 752 Å². The minimum atomic E-state index is -0.299. The Balaban J connectivity index is 0.000000116. The lowest BCUT2D eigenvalue weighted by atomic mass is 10.1. The molecule has 2 amide bonds. The molecule has 21 rings (SSSR count). The van der Waals surface area contributed by atoms with E-state index in [0.29, 0.717) is 110 Å². The number of thiazole rings is 1. The fourth-order valence-corrected chi connectivity index (χ4v) is 17.6. The van der Waals surface area contributed by atoms with Gasteiger partial charge >= 0.3 is 0 Å². The Hall–Kier alpha value is -14.3. The van der Waals surface area contributed by atoms with Gasteiger partial charge in [-0.1, -0.05) is 66.2 Å². The van der Waals surface area contributed by atoms with Gasteiger partial charge in [-0.15, -0.1) is 11.3 Å². The number of hydrogen-bond donors (Lipinski definition) is 1. The Morgan fingerprint density at radius 3 is 1.74 bits per heavy atom. The molecule has 30 nitrogen and oxygen atoms in total. The molecule has 0 saturated carbocycles. The first-order chi connectivity index (χ1) is 62.9. The van der Waals surface area contributed by atoms with Crippen molar-refractivity contribution in [3.8, 4) is 62.4 Å². The molecular weight excluding hydrogens is 1680 g/mol. The lowest BCUT2D eigenvalue weighted by molar-refractivity contribution is -0.119. The van der Waals surface area contributed by atoms with Crippen LogP contribution in [0.1, 0.15) is 54.2 Å². The second-order valence-corrected chi connectivity index (χ2v) is 33.6. The molecule has 4 fully saturated rings. The lowest BCUT2D eigenvalue weighted by Crippen LogP contribution is -2.49. The van der Waals surface area contributed by atoms with Gasteiger partial charge in [0, 0.05) is 205 Å². The maximum absolute atomic E-state index is 13.7. The molecule has 13 aromatic heterocycles. The number of carbonyl (C=O) groups excluding carboxylic acids is 3. The Morgan fingerprint density at radius 1 is 0.535 bits per heavy atom. The molecule has 17 heterocycles. The van der Waals surface area contributed by atoms with E-state index in [1.165, 1.54) is 47.8 Å². The number of anilines is 5. The highest BCUT2D eigenvalue weighted by Crippen LogP contribution is 2.38. The van der Waals surface area contributed by atoms with Crippen LogP contribution in [-0.2, 0) is 17.8 Å². The van der Waals surface area contributed by atoms with Crippen molar-refractivity contribution in [1.29, 1.82) is 0 Å². The normalized spacial score (nSPS) is 14.6. The number of aromatic nitrogens is 13. The Bertz CT molecular complexity index is 6730. The fraction of sp³-hybridized carbons (Fsp3) is 0.271. The third-order valence-electron chi connectivity index (χ3n) is 23.8. The van der Waals surface area contributed by atoms with E-state index < -0.39 is 0 Å². The molecule has 0 aliphatic carbocycles. The van der Waals surface area contributed by atoms with Crippen molar-refractivity contribution in [2.45, 2.75) is 40.7 Å². The molecule has 0 spiro atoms. The Kier molecular flexibility index (Phi) is 25.2. The first kappa shape index (κ1) is 85.5. The Morgan fingerprint density at radius 2 is 1.13 bits per heavy atom. The minimum absolute atomic E-state index is 0.00926. The highest BCUT2D eigenvalue weighted by Gasteiger charge is 2.32. The number of hydrogen-bond acceptors (Lipinski definition) is 25. The van der Waals surface area contributed by atoms with Crippen molar-refractivity contribution in [3.63, 3.8) is 0 Å². The molecule has 0 unspecified atom stereocenters. The molecule has 4 aromatic carbocycles. The number of benzene rings is 4. The highest BCUT2D eigenvalue weighted by molar-refractivity contribution is 7.09. The molecule has 17 aromatic rings. The summed E-state index contributed by atoms with van der Waals surface area (Å²) in [6.07, 6.45) is 11.7. The van der Waals surface area contributed by atoms with Crippen LogP contribution < -0.4 is 29.2 Å². The first-order valence-electron chi connectivity index (χ1n) is 42.8. The maximum Gasteiger partial charge on any atom is 0.289 e. The van der Waals surface area contributed by atoms with Crippen molar-refractivity contribution in [2.75, 3.05) is 157 Å². The average Bonchev–Trinajstić information content (AvgIpc) is 1.66. The highest BCUT2D eigenvalue weighted by atomic mass is 35.5. The SMILES string of the molecule is CN(C)c1ccc(-c2nc3ncc(Cl)c(N4CCN(CC(=O)Cc5nccs5)CC4)c3[nH]2)cc1.COc1cccc(-c2cc3nc(C)c(C)c(N4CCN(Cc5ccco5)CC4)n3n2)c1.Cc1nc2cc(-c3cccc(F)c3)nn2c(N2CCN(C(=O)c3ccco3)CC2)c1C.O=C(c1ccoc1)N1CCN(c2cc(-c3ccco3)nc3cc(-c4ccccc4)nn23)CC1. The zero-order chi connectivity index (χ0) is 88.8. The van der Waals surface area contributed by atoms with E-state index in [2.05, 4.69) is 104 Å². The summed E-state index contributed by atoms with van der Waals surface area (Å²) in [5.74, 6) is 6.47. The summed E-state index contributed by atoms with van der Waals surface area (Å²) >= 11 is 8.14. The van der Waals surface area contributed by atoms with Crippen LogP contribution in [0.2, 0.25) is 5.02 Å². The summed E-state index contributed by atoms with van der Waals surface area (Å²) in [4.78, 5) is 88.3. The monoisotopic (exact) mass is 1770 g/mol. The van der Waals surface area contributed by atoms with Crippen LogP contribution in [0.25, 0.3) is 84.7 Å². The van der Waals surface area contributed by atoms with Crippen LogP contribution in [0.4, 0.5) is 33.2 Å². The molecule has 0 radical (unpaired) electrons. The summed E-state index contributed by atoms with van der Waals surface area (Å²) in [5, 5.41) is 17.9. The number of imidazole rings is 1. The number of halogens is 2. The third kappa shape index (κ3) is 18.9. The number of ketones is 1. The number of rotatable bonds is 19. The van der Waals surface area contributed by atoms with Gasteiger partial charge in [-0.25, -0.2) is 34.3 Å². The molecule has 129 heavy (non-hydrogen) atoms. The van der Waals surface area contributed by atoms with Gasteiger partial charge < -0.3 is 61.7 Å². The molecular formula is C96H96ClFN22O8S. The van der Waals surface area contributed by atoms with Crippen molar-refractivity contribution in [2.24, 2.45) is 0 Å². The predicted molar refractivity (Wildman–Crippen MR) is 496 cm³/mol. The minimum Gasteiger partial charge on any atom is -0.497 e. The molecule has 0 bridgehead atoms. The lowest BCUT2D eigenvalue weighted by Gasteiger charge is -2.36. The quantitative estimate of drug-likeness (QED) is 0.0787. The second-order valence-electron chi connectivity index (χ2n) is 32.3. The van der Waals surface area contributed by atoms with E-state index in [0.717, 1.165) is 178 Å². The zero-order valence-electron chi connectivity index (χ0n) is 72.5. The van der Waals surface area contributed by atoms with E-state index >= 15 is 0 Å². The van der Waals surface area contributed by atoms with Gasteiger partial charge in [0.25, 0.3) is 11.8 Å². The zero-order valence-corrected chi connectivity index (χ0v) is 74.1. The van der Waals surface area contributed by atoms with Gasteiger partial charge in [0.15, 0.2) is 39.9 Å². The maximum atomic E-state index is 13.7. The molecule has 0 atom stereocenters. The van der Waals surface area contributed by atoms with Gasteiger partial charge in [-0.3, -0.25) is 24.2 Å². The van der Waals surface area contributed by atoms with Gasteiger partial charge in [0.2, 0.25) is 0 Å². The van der Waals surface area contributed by atoms with Crippen LogP contribution >= 0.6 is 22.9 Å². The molecule has 658 valence electrons. The number of fused-ring (bicyclic) bond motifs is 4. The average molecular weight is 1770 g/mol. The number of piperazine rings is 4. The predicted octanol–water partition coefficient (Wildman–Crippen LogP) is 15.6. The second kappa shape index (κ2) is 38.1. The standard InChI is InChI=1S/C25H21N5O3.C24H26ClN7OS.C24H27N5O2.C23H22FN5O2/c31-25(19-8-14-32-17-19)29-11-9-28(10-12-29)24-16-21(22-7-4-13-33-22)26-23-15-20(27-30(23)24)18-5-2-1-3-6-18;1-30(2)17-5-3-16(4-6-17)23-28-21-22(19(25)14-27-24(21)29-23)32-10-8-31(9-11-32)15-18(33)13-20-26-7-12-34-20;1-17-18(2)25-23-15-22(19-6-4-7-20(14-19)30-3)26-29(23)24(17)28-11-9-27(10-12-28)16-21-8-5-13-31-21;1-15-16(2)25-21-14-19(17-5-3-6-18(24)13-17)26-29(21)22(15)27-8-10-28(11-9-27)23(30)20-7-4-12-31-20/h1-8,13-17H,9-12H2;3-7,12,14H,8-11,13,15H2,1-2H3,(H,27,28,29);4-8,13-15H,9-12,16H2,1-3H3;3-7,12-14H,8-11H2,1-2H3. The number of ether oxygens (including phenoxy) is 1. The summed E-state index contributed by atoms with van der Waals surface area (Å²) in [6, 6.07) is 53.5. The van der Waals surface area contributed by atoms with Crippen molar-refractivity contribution < 1.29 is 41.2 Å². The van der Waals surface area contributed by atoms with Crippen molar-refractivity contribution >= 4 is 97.5 Å². The van der Waals surface area contributed by atoms with Gasteiger partial charge in [-0.2, -0.15) is 28.8 Å². The molecule has 1 N–H and O–H groups in total. The van der Waals surface area contributed by atoms with Gasteiger partial charge in [0.05, 0.1) is 96.2 Å². The molecule has 4 aliphatic rings. The number of Topliss-reactive ketones (excluding diaryl/α,β-unsaturated/α-hetero) is 1. The number of methoxy groups -OCH3 is 1. The number of H-pyrrole nitrogens is 1. The number of aryl methyl sites for hydroxylation is 2. The van der Waals surface area contributed by atoms with Gasteiger partial charge in [0.1, 0.15) is 58.1 Å². The number of aromatic amines is 1. The number of amides is 2. The first-order valence-corrected chi connectivity index (χ1v) is 44.1. The fourth-order valence-electron chi connectivity index (χ4n) is 16.7. The summed E-state index contributed by atoms with van der Waals surface area (Å²) in [5.41, 5.74) is 17.5. The largest absolute Gasteiger partial charge is 0.497 e. The van der Waals surface area contributed by atoms with E-state index in [9.17, 15) is 18.8 Å². The van der Waals surface area contributed by atoms with Crippen LogP contribution in [-0.4, -0.2) is 233 Å². The molecule has 33 heteroatoms. The third-order valence-corrected chi connectivity index (χ3v) is 24.8. The van der Waals surface area contributed by atoms with Crippen LogP contribution in [0.3, 0.4) is 0 Å². The number of pyridine rings is 1. The molecule has 4 saturated heterocycles. The summed E-state index contributed by atoms with van der Waals surface area (Å²) in [6.45, 7) is 21.6.